The summed E-state index contributed by atoms with van der Waals surface area (Å²) in [5, 5.41) is 0.714. The van der Waals surface area contributed by atoms with E-state index in [4.69, 9.17) is 11.6 Å². The molecule has 1 saturated heterocycles. The van der Waals surface area contributed by atoms with Crippen LogP contribution in [0.5, 0.6) is 0 Å². The van der Waals surface area contributed by atoms with Crippen molar-refractivity contribution in [3.8, 4) is 11.1 Å². The third kappa shape index (κ3) is 4.92. The van der Waals surface area contributed by atoms with Crippen molar-refractivity contribution in [1.82, 2.24) is 19.9 Å². The summed E-state index contributed by atoms with van der Waals surface area (Å²) in [6.07, 6.45) is 11.3. The second-order valence-electron chi connectivity index (χ2n) is 7.62. The van der Waals surface area contributed by atoms with E-state index >= 15 is 0 Å². The molecular weight excluding hydrogens is 396 g/mol. The van der Waals surface area contributed by atoms with Gasteiger partial charge in [0.25, 0.3) is 0 Å². The van der Waals surface area contributed by atoms with Crippen LogP contribution in [-0.4, -0.2) is 38.8 Å². The lowest BCUT2D eigenvalue weighted by Crippen LogP contribution is -2.26. The van der Waals surface area contributed by atoms with E-state index in [1.807, 2.05) is 54.0 Å². The molecule has 2 aromatic heterocycles. The van der Waals surface area contributed by atoms with Gasteiger partial charge in [0.15, 0.2) is 0 Å². The Hall–Kier alpha value is -3.05. The van der Waals surface area contributed by atoms with E-state index < -0.39 is 0 Å². The molecule has 3 aromatic rings. The van der Waals surface area contributed by atoms with Crippen LogP contribution in [0.3, 0.4) is 0 Å². The number of carbonyl (C=O) groups is 1. The molecule has 0 radical (unpaired) electrons. The number of pyridine rings is 1. The van der Waals surface area contributed by atoms with Crippen molar-refractivity contribution in [2.75, 3.05) is 13.1 Å². The van der Waals surface area contributed by atoms with Crippen LogP contribution in [-0.2, 0) is 17.6 Å². The topological polar surface area (TPSA) is 59.0 Å². The molecule has 30 heavy (non-hydrogen) atoms. The summed E-state index contributed by atoms with van der Waals surface area (Å²) < 4.78 is 0. The summed E-state index contributed by atoms with van der Waals surface area (Å²) in [4.78, 5) is 27.1. The average molecular weight is 419 g/mol. The Morgan fingerprint density at radius 1 is 1.13 bits per heavy atom. The predicted molar refractivity (Wildman–Crippen MR) is 118 cm³/mol. The van der Waals surface area contributed by atoms with Gasteiger partial charge in [-0.3, -0.25) is 9.78 Å². The molecule has 5 nitrogen and oxygen atoms in total. The minimum atomic E-state index is 0.0133. The molecule has 4 rings (SSSR count). The molecule has 1 aliphatic heterocycles. The highest BCUT2D eigenvalue weighted by Crippen LogP contribution is 2.24. The Bertz CT molecular complexity index is 1050. The van der Waals surface area contributed by atoms with Crippen molar-refractivity contribution >= 4 is 17.5 Å². The maximum Gasteiger partial charge on any atom is 0.245 e. The van der Waals surface area contributed by atoms with Crippen LogP contribution in [0.4, 0.5) is 0 Å². The number of amides is 1. The van der Waals surface area contributed by atoms with E-state index in [2.05, 4.69) is 27.6 Å². The maximum absolute atomic E-state index is 11.8. The quantitative estimate of drug-likeness (QED) is 0.558. The van der Waals surface area contributed by atoms with Gasteiger partial charge in [0, 0.05) is 60.4 Å². The largest absolute Gasteiger partial charge is 0.339 e. The number of benzene rings is 1. The Morgan fingerprint density at radius 2 is 1.97 bits per heavy atom. The Morgan fingerprint density at radius 3 is 2.73 bits per heavy atom. The van der Waals surface area contributed by atoms with Crippen molar-refractivity contribution in [3.63, 3.8) is 0 Å². The van der Waals surface area contributed by atoms with Crippen molar-refractivity contribution < 1.29 is 4.79 Å². The Kier molecular flexibility index (Phi) is 6.19. The maximum atomic E-state index is 11.8. The van der Waals surface area contributed by atoms with Gasteiger partial charge in [-0.25, -0.2) is 9.97 Å². The minimum Gasteiger partial charge on any atom is -0.339 e. The van der Waals surface area contributed by atoms with Gasteiger partial charge in [0.2, 0.25) is 5.91 Å². The van der Waals surface area contributed by atoms with Gasteiger partial charge in [-0.15, -0.1) is 0 Å². The monoisotopic (exact) mass is 418 g/mol. The second kappa shape index (κ2) is 9.18. The number of likely N-dealkylation sites (tertiary alicyclic amines) is 1. The fraction of sp³-hybridized carbons (Fsp3) is 0.250. The Labute approximate surface area is 181 Å². The highest BCUT2D eigenvalue weighted by molar-refractivity contribution is 6.30. The zero-order chi connectivity index (χ0) is 20.9. The van der Waals surface area contributed by atoms with E-state index in [1.165, 1.54) is 6.08 Å². The summed E-state index contributed by atoms with van der Waals surface area (Å²) in [6, 6.07) is 9.87. The normalized spacial score (nSPS) is 15.9. The van der Waals surface area contributed by atoms with Gasteiger partial charge in [-0.1, -0.05) is 30.3 Å². The van der Waals surface area contributed by atoms with Gasteiger partial charge >= 0.3 is 0 Å². The first-order valence-corrected chi connectivity index (χ1v) is 10.4. The fourth-order valence-corrected chi connectivity index (χ4v) is 4.06. The molecule has 1 fully saturated rings. The molecular formula is C24H23ClN4O. The molecule has 6 heteroatoms. The van der Waals surface area contributed by atoms with Crippen LogP contribution in [0, 0.1) is 5.92 Å². The van der Waals surface area contributed by atoms with Gasteiger partial charge in [-0.2, -0.15) is 0 Å². The van der Waals surface area contributed by atoms with Crippen LogP contribution < -0.4 is 0 Å². The SMILES string of the molecule is C=CC(=O)N1CC[C@H](Cc2cncc(-c3cnc(Cc4cccc(Cl)c4)nc3)c2)C1. The standard InChI is InChI=1S/C24H23ClN4O/c1-2-24(30)29-7-6-18(16-29)8-19-9-20(13-26-12-19)21-14-27-23(28-15-21)11-17-4-3-5-22(25)10-17/h2-5,9-10,12-15,18H,1,6-8,11,16H2/t18-/m1/s1. The van der Waals surface area contributed by atoms with Crippen molar-refractivity contribution in [3.05, 3.63) is 89.7 Å². The van der Waals surface area contributed by atoms with Crippen LogP contribution in [0.1, 0.15) is 23.4 Å². The molecule has 1 atom stereocenters. The zero-order valence-corrected chi connectivity index (χ0v) is 17.4. The lowest BCUT2D eigenvalue weighted by Gasteiger charge is -2.14. The van der Waals surface area contributed by atoms with Crippen molar-refractivity contribution in [2.24, 2.45) is 5.92 Å². The molecule has 0 N–H and O–H groups in total. The van der Waals surface area contributed by atoms with Gasteiger partial charge in [0.05, 0.1) is 0 Å². The lowest BCUT2D eigenvalue weighted by atomic mass is 9.98. The molecule has 1 amide bonds. The molecule has 1 aliphatic rings. The third-order valence-corrected chi connectivity index (χ3v) is 5.62. The fourth-order valence-electron chi connectivity index (χ4n) is 3.84. The van der Waals surface area contributed by atoms with Gasteiger partial charge in [0.1, 0.15) is 5.82 Å². The number of aromatic nitrogens is 3. The summed E-state index contributed by atoms with van der Waals surface area (Å²) >= 11 is 6.05. The van der Waals surface area contributed by atoms with Crippen LogP contribution >= 0.6 is 11.6 Å². The van der Waals surface area contributed by atoms with Crippen LogP contribution in [0.2, 0.25) is 5.02 Å². The molecule has 0 spiro atoms. The van der Waals surface area contributed by atoms with Crippen molar-refractivity contribution in [1.29, 1.82) is 0 Å². The molecule has 152 valence electrons. The van der Waals surface area contributed by atoms with E-state index in [0.717, 1.165) is 54.0 Å². The number of hydrogen-bond donors (Lipinski definition) is 0. The number of nitrogens with zero attached hydrogens (tertiary/aromatic N) is 4. The summed E-state index contributed by atoms with van der Waals surface area (Å²) in [5.41, 5.74) is 4.18. The highest BCUT2D eigenvalue weighted by Gasteiger charge is 2.25. The molecule has 0 aliphatic carbocycles. The first-order chi connectivity index (χ1) is 14.6. The lowest BCUT2D eigenvalue weighted by molar-refractivity contribution is -0.125. The number of carbonyl (C=O) groups excluding carboxylic acids is 1. The van der Waals surface area contributed by atoms with Crippen LogP contribution in [0.25, 0.3) is 11.1 Å². The van der Waals surface area contributed by atoms with E-state index in [-0.39, 0.29) is 5.91 Å². The highest BCUT2D eigenvalue weighted by atomic mass is 35.5. The first kappa shape index (κ1) is 20.2. The molecule has 0 bridgehead atoms. The predicted octanol–water partition coefficient (Wildman–Crippen LogP) is 4.36. The molecule has 0 saturated carbocycles. The number of hydrogen-bond acceptors (Lipinski definition) is 4. The molecule has 3 heterocycles. The number of rotatable bonds is 6. The summed E-state index contributed by atoms with van der Waals surface area (Å²) in [6.45, 7) is 5.14. The molecule has 1 aromatic carbocycles. The van der Waals surface area contributed by atoms with Crippen LogP contribution in [0.15, 0.2) is 67.8 Å². The zero-order valence-electron chi connectivity index (χ0n) is 16.7. The number of halogens is 1. The molecule has 0 unspecified atom stereocenters. The second-order valence-corrected chi connectivity index (χ2v) is 8.06. The minimum absolute atomic E-state index is 0.0133. The summed E-state index contributed by atoms with van der Waals surface area (Å²) in [7, 11) is 0. The first-order valence-electron chi connectivity index (χ1n) is 10.0. The van der Waals surface area contributed by atoms with E-state index in [0.29, 0.717) is 17.4 Å². The average Bonchev–Trinajstić information content (AvgIpc) is 3.22. The summed E-state index contributed by atoms with van der Waals surface area (Å²) in [5.74, 6) is 1.21. The van der Waals surface area contributed by atoms with E-state index in [1.54, 1.807) is 0 Å². The van der Waals surface area contributed by atoms with E-state index in [9.17, 15) is 4.79 Å². The smallest absolute Gasteiger partial charge is 0.245 e. The Balaban J connectivity index is 1.42. The third-order valence-electron chi connectivity index (χ3n) is 5.38. The van der Waals surface area contributed by atoms with Gasteiger partial charge in [-0.05, 0) is 54.2 Å². The van der Waals surface area contributed by atoms with Gasteiger partial charge < -0.3 is 4.90 Å². The van der Waals surface area contributed by atoms with Crippen molar-refractivity contribution in [2.45, 2.75) is 19.3 Å².